The second-order valence-corrected chi connectivity index (χ2v) is 10.8. The molecule has 148 valence electrons. The molecule has 0 aliphatic heterocycles. The summed E-state index contributed by atoms with van der Waals surface area (Å²) in [7, 11) is 0. The van der Waals surface area contributed by atoms with Crippen LogP contribution in [0.2, 0.25) is 0 Å². The summed E-state index contributed by atoms with van der Waals surface area (Å²) in [6.45, 7) is 19.9. The van der Waals surface area contributed by atoms with Crippen LogP contribution in [0, 0.1) is 46.3 Å². The molecule has 0 aromatic rings. The molecule has 0 spiro atoms. The van der Waals surface area contributed by atoms with E-state index in [1.807, 2.05) is 0 Å². The van der Waals surface area contributed by atoms with Crippen molar-refractivity contribution < 1.29 is 0 Å². The quantitative estimate of drug-likeness (QED) is 0.332. The van der Waals surface area contributed by atoms with Gasteiger partial charge in [0, 0.05) is 0 Å². The van der Waals surface area contributed by atoms with Crippen LogP contribution >= 0.6 is 0 Å². The number of rotatable bonds is 12. The predicted octanol–water partition coefficient (Wildman–Crippen LogP) is 8.35. The third kappa shape index (κ3) is 4.30. The fourth-order valence-corrected chi connectivity index (χ4v) is 6.52. The Hall–Kier alpha value is 0. The van der Waals surface area contributed by atoms with Gasteiger partial charge in [0.2, 0.25) is 0 Å². The average molecular weight is 349 g/mol. The van der Waals surface area contributed by atoms with Crippen LogP contribution in [0.1, 0.15) is 113 Å². The van der Waals surface area contributed by atoms with E-state index < -0.39 is 0 Å². The highest BCUT2D eigenvalue weighted by atomic mass is 14.7. The van der Waals surface area contributed by atoms with Gasteiger partial charge in [0.15, 0.2) is 0 Å². The molecule has 2 fully saturated rings. The Morgan fingerprint density at radius 1 is 0.840 bits per heavy atom. The zero-order valence-electron chi connectivity index (χ0n) is 18.8. The second kappa shape index (κ2) is 8.35. The Morgan fingerprint density at radius 2 is 1.48 bits per heavy atom. The first-order valence-electron chi connectivity index (χ1n) is 11.7. The normalized spacial score (nSPS) is 41.2. The van der Waals surface area contributed by atoms with Crippen LogP contribution < -0.4 is 0 Å². The summed E-state index contributed by atoms with van der Waals surface area (Å²) in [5.41, 5.74) is 1.32. The minimum absolute atomic E-state index is 0.654. The summed E-state index contributed by atoms with van der Waals surface area (Å²) < 4.78 is 0. The molecule has 0 heterocycles. The number of hydrogen-bond donors (Lipinski definition) is 0. The zero-order valence-corrected chi connectivity index (χ0v) is 18.8. The van der Waals surface area contributed by atoms with E-state index in [-0.39, 0.29) is 0 Å². The summed E-state index contributed by atoms with van der Waals surface area (Å²) in [6.07, 6.45) is 13.0. The van der Waals surface area contributed by atoms with Crippen molar-refractivity contribution >= 4 is 0 Å². The highest BCUT2D eigenvalue weighted by molar-refractivity contribution is 5.12. The minimum Gasteiger partial charge on any atom is -0.0654 e. The van der Waals surface area contributed by atoms with E-state index in [0.29, 0.717) is 10.8 Å². The molecule has 0 aromatic carbocycles. The fourth-order valence-electron chi connectivity index (χ4n) is 6.52. The molecular weight excluding hydrogens is 300 g/mol. The van der Waals surface area contributed by atoms with E-state index in [1.165, 1.54) is 57.8 Å². The molecule has 0 amide bonds. The highest BCUT2D eigenvalue weighted by Gasteiger charge is 2.64. The second-order valence-electron chi connectivity index (χ2n) is 10.8. The van der Waals surface area contributed by atoms with Crippen molar-refractivity contribution in [3.05, 3.63) is 0 Å². The fraction of sp³-hybridized carbons (Fsp3) is 1.00. The Kier molecular flexibility index (Phi) is 7.11. The minimum atomic E-state index is 0.654. The maximum Gasteiger partial charge on any atom is -0.0238 e. The van der Waals surface area contributed by atoms with Crippen LogP contribution in [0.15, 0.2) is 0 Å². The summed E-state index contributed by atoms with van der Waals surface area (Å²) in [4.78, 5) is 0. The Labute approximate surface area is 159 Å². The third-order valence-corrected chi connectivity index (χ3v) is 8.99. The van der Waals surface area contributed by atoms with Gasteiger partial charge in [0.1, 0.15) is 0 Å². The van der Waals surface area contributed by atoms with Gasteiger partial charge in [-0.2, -0.15) is 0 Å². The molecule has 25 heavy (non-hydrogen) atoms. The molecule has 0 bridgehead atoms. The first-order chi connectivity index (χ1) is 11.7. The molecule has 7 atom stereocenters. The zero-order chi connectivity index (χ0) is 18.8. The summed E-state index contributed by atoms with van der Waals surface area (Å²) in [5.74, 6) is 5.81. The van der Waals surface area contributed by atoms with E-state index in [1.54, 1.807) is 0 Å². The third-order valence-electron chi connectivity index (χ3n) is 8.99. The van der Waals surface area contributed by atoms with Gasteiger partial charge in [-0.3, -0.25) is 0 Å². The largest absolute Gasteiger partial charge is 0.0654 e. The van der Waals surface area contributed by atoms with Crippen molar-refractivity contribution in [1.82, 2.24) is 0 Å². The van der Waals surface area contributed by atoms with Gasteiger partial charge in [-0.05, 0) is 72.0 Å². The van der Waals surface area contributed by atoms with Crippen molar-refractivity contribution in [3.63, 3.8) is 0 Å². The molecule has 2 aliphatic carbocycles. The predicted molar refractivity (Wildman–Crippen MR) is 113 cm³/mol. The lowest BCUT2D eigenvalue weighted by Crippen LogP contribution is -2.15. The lowest BCUT2D eigenvalue weighted by molar-refractivity contribution is 0.257. The van der Waals surface area contributed by atoms with Crippen LogP contribution in [-0.2, 0) is 0 Å². The van der Waals surface area contributed by atoms with Crippen molar-refractivity contribution in [1.29, 1.82) is 0 Å². The van der Waals surface area contributed by atoms with Gasteiger partial charge in [-0.1, -0.05) is 87.5 Å². The van der Waals surface area contributed by atoms with E-state index in [9.17, 15) is 0 Å². The van der Waals surface area contributed by atoms with Gasteiger partial charge in [-0.25, -0.2) is 0 Å². The molecule has 2 saturated carbocycles. The van der Waals surface area contributed by atoms with Gasteiger partial charge < -0.3 is 0 Å². The topological polar surface area (TPSA) is 0 Å². The van der Waals surface area contributed by atoms with E-state index in [2.05, 4.69) is 55.4 Å². The molecule has 0 saturated heterocycles. The lowest BCUT2D eigenvalue weighted by Gasteiger charge is -2.23. The van der Waals surface area contributed by atoms with E-state index in [4.69, 9.17) is 0 Å². The van der Waals surface area contributed by atoms with Crippen molar-refractivity contribution in [2.24, 2.45) is 46.3 Å². The summed E-state index contributed by atoms with van der Waals surface area (Å²) in [5, 5.41) is 0. The summed E-state index contributed by atoms with van der Waals surface area (Å²) in [6, 6.07) is 0. The van der Waals surface area contributed by atoms with E-state index in [0.717, 1.165) is 35.5 Å². The van der Waals surface area contributed by atoms with Crippen LogP contribution in [0.4, 0.5) is 0 Å². The smallest absolute Gasteiger partial charge is 0.0238 e. The maximum absolute atomic E-state index is 2.66. The van der Waals surface area contributed by atoms with Crippen LogP contribution in [0.3, 0.4) is 0 Å². The summed E-state index contributed by atoms with van der Waals surface area (Å²) >= 11 is 0. The molecule has 0 heteroatoms. The SMILES string of the molecule is CCCCC1(C)C(C)C1CC(C)C1(C)C(CCC)C1CCCC(C)C. The van der Waals surface area contributed by atoms with Gasteiger partial charge in [-0.15, -0.1) is 0 Å². The Bertz CT molecular complexity index is 410. The van der Waals surface area contributed by atoms with E-state index >= 15 is 0 Å². The highest BCUT2D eigenvalue weighted by Crippen LogP contribution is 2.71. The molecule has 0 nitrogen and oxygen atoms in total. The van der Waals surface area contributed by atoms with Gasteiger partial charge in [0.05, 0.1) is 0 Å². The van der Waals surface area contributed by atoms with Crippen molar-refractivity contribution in [3.8, 4) is 0 Å². The number of unbranched alkanes of at least 4 members (excludes halogenated alkanes) is 1. The molecular formula is C25H48. The standard InChI is InChI=1S/C25H48/c1-9-11-16-24(7)20(6)23(24)17-19(5)25(8)21(13-10-2)22(25)15-12-14-18(3)4/h18-23H,9-17H2,1-8H3. The molecule has 7 unspecified atom stereocenters. The Balaban J connectivity index is 1.91. The molecule has 2 rings (SSSR count). The number of hydrogen-bond acceptors (Lipinski definition) is 0. The van der Waals surface area contributed by atoms with Gasteiger partial charge in [0.25, 0.3) is 0 Å². The lowest BCUT2D eigenvalue weighted by atomic mass is 9.81. The average Bonchev–Trinajstić information content (AvgIpc) is 3.32. The first-order valence-corrected chi connectivity index (χ1v) is 11.7. The monoisotopic (exact) mass is 348 g/mol. The molecule has 0 radical (unpaired) electrons. The molecule has 0 N–H and O–H groups in total. The first kappa shape index (κ1) is 21.3. The maximum atomic E-state index is 2.66. The van der Waals surface area contributed by atoms with Crippen LogP contribution in [0.5, 0.6) is 0 Å². The van der Waals surface area contributed by atoms with Crippen LogP contribution in [0.25, 0.3) is 0 Å². The molecule has 0 aromatic heterocycles. The van der Waals surface area contributed by atoms with Crippen molar-refractivity contribution in [2.75, 3.05) is 0 Å². The van der Waals surface area contributed by atoms with Crippen LogP contribution in [-0.4, -0.2) is 0 Å². The molecule has 2 aliphatic rings. The van der Waals surface area contributed by atoms with Crippen molar-refractivity contribution in [2.45, 2.75) is 113 Å². The van der Waals surface area contributed by atoms with Gasteiger partial charge >= 0.3 is 0 Å². The Morgan fingerprint density at radius 3 is 2.04 bits per heavy atom.